The van der Waals surface area contributed by atoms with E-state index in [0.717, 1.165) is 25.1 Å². The number of hydrogen-bond donors (Lipinski definition) is 1. The second-order valence-corrected chi connectivity index (χ2v) is 6.56. The predicted molar refractivity (Wildman–Crippen MR) is 87.9 cm³/mol. The first-order valence-corrected chi connectivity index (χ1v) is 8.48. The second kappa shape index (κ2) is 6.27. The molecular weight excluding hydrogens is 272 g/mol. The first kappa shape index (κ1) is 14.0. The largest absolute Gasteiger partial charge is 0.468 e. The number of benzene rings is 1. The van der Waals surface area contributed by atoms with Gasteiger partial charge in [0.25, 0.3) is 0 Å². The van der Waals surface area contributed by atoms with Crippen molar-refractivity contribution in [1.82, 2.24) is 10.2 Å². The van der Waals surface area contributed by atoms with Gasteiger partial charge in [0.2, 0.25) is 0 Å². The molecule has 2 aromatic rings. The molecule has 2 heterocycles. The van der Waals surface area contributed by atoms with E-state index in [4.69, 9.17) is 4.42 Å². The van der Waals surface area contributed by atoms with Gasteiger partial charge in [-0.2, -0.15) is 0 Å². The minimum absolute atomic E-state index is 0.376. The third-order valence-electron chi connectivity index (χ3n) is 5.10. The van der Waals surface area contributed by atoms with Crippen molar-refractivity contribution in [3.8, 4) is 0 Å². The predicted octanol–water partition coefficient (Wildman–Crippen LogP) is 3.17. The van der Waals surface area contributed by atoms with Crippen molar-refractivity contribution in [1.29, 1.82) is 0 Å². The Morgan fingerprint density at radius 3 is 2.41 bits per heavy atom. The fourth-order valence-electron chi connectivity index (χ4n) is 3.93. The summed E-state index contributed by atoms with van der Waals surface area (Å²) in [6, 6.07) is 13.9. The summed E-state index contributed by atoms with van der Waals surface area (Å²) in [5.74, 6) is 1.10. The highest BCUT2D eigenvalue weighted by atomic mass is 16.3. The Kier molecular flexibility index (Phi) is 4.00. The molecule has 22 heavy (non-hydrogen) atoms. The highest BCUT2D eigenvalue weighted by molar-refractivity contribution is 5.33. The molecule has 1 saturated heterocycles. The topological polar surface area (TPSA) is 28.4 Å². The third-order valence-corrected chi connectivity index (χ3v) is 5.10. The molecule has 1 aromatic heterocycles. The molecule has 0 amide bonds. The molecule has 2 aliphatic rings. The zero-order chi connectivity index (χ0) is 14.8. The lowest BCUT2D eigenvalue weighted by atomic mass is 10.1. The maximum absolute atomic E-state index is 5.70. The molecule has 1 aliphatic heterocycles. The molecule has 0 bridgehead atoms. The standard InChI is InChI=1S/C19H24N2O/c1-2-7-16-13-17(12-15(16)6-1)20-14-18(19-8-5-11-22-19)21-9-3-4-10-21/h1-2,5-8,11,17-18,20H,3-4,9-10,12-14H2. The summed E-state index contributed by atoms with van der Waals surface area (Å²) in [6.07, 6.45) is 6.73. The van der Waals surface area contributed by atoms with Crippen LogP contribution < -0.4 is 5.32 Å². The van der Waals surface area contributed by atoms with Crippen molar-refractivity contribution < 1.29 is 4.42 Å². The molecule has 3 heteroatoms. The van der Waals surface area contributed by atoms with Gasteiger partial charge in [-0.25, -0.2) is 0 Å². The van der Waals surface area contributed by atoms with E-state index in [1.807, 2.05) is 6.07 Å². The molecule has 4 rings (SSSR count). The van der Waals surface area contributed by atoms with Crippen LogP contribution in [0.1, 0.15) is 35.8 Å². The zero-order valence-corrected chi connectivity index (χ0v) is 13.0. The Morgan fingerprint density at radius 2 is 1.77 bits per heavy atom. The van der Waals surface area contributed by atoms with Gasteiger partial charge >= 0.3 is 0 Å². The van der Waals surface area contributed by atoms with Crippen LogP contribution in [0.3, 0.4) is 0 Å². The van der Waals surface area contributed by atoms with E-state index in [9.17, 15) is 0 Å². The maximum atomic E-state index is 5.70. The molecule has 1 fully saturated rings. The smallest absolute Gasteiger partial charge is 0.122 e. The molecule has 0 saturated carbocycles. The maximum Gasteiger partial charge on any atom is 0.122 e. The van der Waals surface area contributed by atoms with Gasteiger partial charge in [0, 0.05) is 12.6 Å². The van der Waals surface area contributed by atoms with Crippen molar-refractivity contribution in [3.05, 3.63) is 59.5 Å². The molecule has 1 aliphatic carbocycles. The summed E-state index contributed by atoms with van der Waals surface area (Å²) in [5.41, 5.74) is 3.02. The van der Waals surface area contributed by atoms with Crippen molar-refractivity contribution in [3.63, 3.8) is 0 Å². The molecule has 1 aromatic carbocycles. The number of nitrogens with one attached hydrogen (secondary N) is 1. The van der Waals surface area contributed by atoms with Crippen molar-refractivity contribution in [2.24, 2.45) is 0 Å². The second-order valence-electron chi connectivity index (χ2n) is 6.56. The van der Waals surface area contributed by atoms with Gasteiger partial charge in [0.15, 0.2) is 0 Å². The first-order chi connectivity index (χ1) is 10.9. The lowest BCUT2D eigenvalue weighted by Crippen LogP contribution is -2.39. The van der Waals surface area contributed by atoms with Crippen LogP contribution in [0.4, 0.5) is 0 Å². The van der Waals surface area contributed by atoms with E-state index in [1.54, 1.807) is 6.26 Å². The average Bonchev–Trinajstić information content (AvgIpc) is 3.29. The lowest BCUT2D eigenvalue weighted by Gasteiger charge is -2.27. The number of furan rings is 1. The van der Waals surface area contributed by atoms with E-state index >= 15 is 0 Å². The number of fused-ring (bicyclic) bond motifs is 1. The highest BCUT2D eigenvalue weighted by Gasteiger charge is 2.27. The molecule has 116 valence electrons. The summed E-state index contributed by atoms with van der Waals surface area (Å²) in [5, 5.41) is 3.79. The van der Waals surface area contributed by atoms with Crippen LogP contribution in [0.15, 0.2) is 47.1 Å². The molecule has 0 radical (unpaired) electrons. The zero-order valence-electron chi connectivity index (χ0n) is 13.0. The van der Waals surface area contributed by atoms with Crippen LogP contribution in [0, 0.1) is 0 Å². The molecule has 1 atom stereocenters. The summed E-state index contributed by atoms with van der Waals surface area (Å²) < 4.78 is 5.70. The van der Waals surface area contributed by atoms with Crippen LogP contribution in [0.2, 0.25) is 0 Å². The number of rotatable bonds is 5. The van der Waals surface area contributed by atoms with Gasteiger partial charge in [-0.1, -0.05) is 24.3 Å². The molecule has 0 spiro atoms. The monoisotopic (exact) mass is 296 g/mol. The fourth-order valence-corrected chi connectivity index (χ4v) is 3.93. The lowest BCUT2D eigenvalue weighted by molar-refractivity contribution is 0.205. The van der Waals surface area contributed by atoms with Crippen LogP contribution in [0.5, 0.6) is 0 Å². The highest BCUT2D eigenvalue weighted by Crippen LogP contribution is 2.26. The Bertz CT molecular complexity index is 577. The van der Waals surface area contributed by atoms with Crippen molar-refractivity contribution >= 4 is 0 Å². The normalized spacial score (nSPS) is 20.4. The summed E-state index contributed by atoms with van der Waals surface area (Å²) in [7, 11) is 0. The minimum Gasteiger partial charge on any atom is -0.468 e. The molecule has 3 nitrogen and oxygen atoms in total. The van der Waals surface area contributed by atoms with E-state index in [0.29, 0.717) is 12.1 Å². The Morgan fingerprint density at radius 1 is 1.05 bits per heavy atom. The van der Waals surface area contributed by atoms with Crippen molar-refractivity contribution in [2.45, 2.75) is 37.8 Å². The fraction of sp³-hybridized carbons (Fsp3) is 0.474. The van der Waals surface area contributed by atoms with Gasteiger partial charge in [-0.15, -0.1) is 0 Å². The number of nitrogens with zero attached hydrogens (tertiary/aromatic N) is 1. The Hall–Kier alpha value is -1.58. The summed E-state index contributed by atoms with van der Waals surface area (Å²) in [6.45, 7) is 3.36. The molecule has 1 N–H and O–H groups in total. The van der Waals surface area contributed by atoms with Gasteiger partial charge in [0.05, 0.1) is 12.3 Å². The van der Waals surface area contributed by atoms with Gasteiger partial charge in [0.1, 0.15) is 5.76 Å². The van der Waals surface area contributed by atoms with Crippen LogP contribution >= 0.6 is 0 Å². The van der Waals surface area contributed by atoms with Crippen molar-refractivity contribution in [2.75, 3.05) is 19.6 Å². The number of likely N-dealkylation sites (tertiary alicyclic amines) is 1. The SMILES string of the molecule is c1coc(C(CNC2Cc3ccccc3C2)N2CCCC2)c1. The van der Waals surface area contributed by atoms with Crippen LogP contribution in [-0.2, 0) is 12.8 Å². The Balaban J connectivity index is 1.40. The van der Waals surface area contributed by atoms with Gasteiger partial charge in [-0.05, 0) is 62.0 Å². The molecule has 1 unspecified atom stereocenters. The first-order valence-electron chi connectivity index (χ1n) is 8.48. The summed E-state index contributed by atoms with van der Waals surface area (Å²) in [4.78, 5) is 2.56. The minimum atomic E-state index is 0.376. The molecular formula is C19H24N2O. The van der Waals surface area contributed by atoms with E-state index in [1.165, 1.54) is 37.1 Å². The quantitative estimate of drug-likeness (QED) is 0.918. The summed E-state index contributed by atoms with van der Waals surface area (Å²) >= 11 is 0. The number of hydrogen-bond acceptors (Lipinski definition) is 3. The van der Waals surface area contributed by atoms with E-state index < -0.39 is 0 Å². The van der Waals surface area contributed by atoms with Gasteiger partial charge in [-0.3, -0.25) is 4.90 Å². The van der Waals surface area contributed by atoms with E-state index in [2.05, 4.69) is 40.5 Å². The third kappa shape index (κ3) is 2.83. The van der Waals surface area contributed by atoms with E-state index in [-0.39, 0.29) is 0 Å². The van der Waals surface area contributed by atoms with Gasteiger partial charge < -0.3 is 9.73 Å². The van der Waals surface area contributed by atoms with Crippen LogP contribution in [0.25, 0.3) is 0 Å². The van der Waals surface area contributed by atoms with Crippen LogP contribution in [-0.4, -0.2) is 30.6 Å². The average molecular weight is 296 g/mol. The Labute approximate surface area is 132 Å².